The van der Waals surface area contributed by atoms with Gasteiger partial charge in [-0.1, -0.05) is 6.07 Å². The molecule has 2 unspecified atom stereocenters. The van der Waals surface area contributed by atoms with Crippen LogP contribution in [0.25, 0.3) is 0 Å². The van der Waals surface area contributed by atoms with Gasteiger partial charge >= 0.3 is 0 Å². The topological polar surface area (TPSA) is 50.8 Å². The fourth-order valence-corrected chi connectivity index (χ4v) is 3.42. The quantitative estimate of drug-likeness (QED) is 0.834. The minimum Gasteiger partial charge on any atom is -0.491 e. The third-order valence-electron chi connectivity index (χ3n) is 4.53. The molecule has 0 spiro atoms. The number of ether oxygens (including phenoxy) is 2. The summed E-state index contributed by atoms with van der Waals surface area (Å²) < 4.78 is 10.6. The van der Waals surface area contributed by atoms with Gasteiger partial charge in [0.2, 0.25) is 0 Å². The highest BCUT2D eigenvalue weighted by Gasteiger charge is 2.38. The fourth-order valence-electron chi connectivity index (χ4n) is 3.42. The van der Waals surface area contributed by atoms with Crippen LogP contribution >= 0.6 is 12.4 Å². The van der Waals surface area contributed by atoms with Crippen LogP contribution in [0.3, 0.4) is 0 Å². The van der Waals surface area contributed by atoms with Crippen molar-refractivity contribution in [2.45, 2.75) is 31.3 Å². The standard InChI is InChI=1S/C17H24N2O3.ClH/c1-21-9-10-22-16-4-2-3-13(11-16)17(20)19-14-5-6-15(19)12-18-8-7-14;/h2-4,11,14-15,18H,5-10,12H2,1H3;1H. The molecule has 23 heavy (non-hydrogen) atoms. The molecule has 1 aromatic carbocycles. The average molecular weight is 341 g/mol. The number of nitrogens with zero attached hydrogens (tertiary/aromatic N) is 1. The molecule has 2 saturated heterocycles. The van der Waals surface area contributed by atoms with Crippen molar-refractivity contribution in [3.05, 3.63) is 29.8 Å². The van der Waals surface area contributed by atoms with Crippen molar-refractivity contribution in [1.82, 2.24) is 10.2 Å². The number of halogens is 1. The van der Waals surface area contributed by atoms with E-state index >= 15 is 0 Å². The Hall–Kier alpha value is -1.30. The van der Waals surface area contributed by atoms with E-state index in [1.165, 1.54) is 0 Å². The van der Waals surface area contributed by atoms with Crippen LogP contribution in [0.4, 0.5) is 0 Å². The summed E-state index contributed by atoms with van der Waals surface area (Å²) in [6.45, 7) is 2.95. The molecule has 0 saturated carbocycles. The molecule has 2 aliphatic heterocycles. The highest BCUT2D eigenvalue weighted by atomic mass is 35.5. The van der Waals surface area contributed by atoms with Gasteiger partial charge in [0.25, 0.3) is 5.91 Å². The normalized spacial score (nSPS) is 23.1. The van der Waals surface area contributed by atoms with Crippen molar-refractivity contribution in [3.63, 3.8) is 0 Å². The lowest BCUT2D eigenvalue weighted by Crippen LogP contribution is -2.42. The molecular formula is C17H25ClN2O3. The molecule has 3 rings (SSSR count). The zero-order valence-corrected chi connectivity index (χ0v) is 14.3. The number of rotatable bonds is 5. The van der Waals surface area contributed by atoms with E-state index in [0.29, 0.717) is 30.9 Å². The maximum atomic E-state index is 12.9. The maximum Gasteiger partial charge on any atom is 0.254 e. The molecule has 1 amide bonds. The first-order valence-corrected chi connectivity index (χ1v) is 8.05. The van der Waals surface area contributed by atoms with Crippen molar-refractivity contribution in [2.75, 3.05) is 33.4 Å². The first-order valence-electron chi connectivity index (χ1n) is 8.05. The molecule has 0 aromatic heterocycles. The van der Waals surface area contributed by atoms with Crippen LogP contribution in [-0.2, 0) is 4.74 Å². The largest absolute Gasteiger partial charge is 0.491 e. The molecule has 1 aromatic rings. The number of carbonyl (C=O) groups is 1. The number of hydrogen-bond donors (Lipinski definition) is 1. The van der Waals surface area contributed by atoms with Crippen LogP contribution in [0.15, 0.2) is 24.3 Å². The monoisotopic (exact) mass is 340 g/mol. The Morgan fingerprint density at radius 2 is 2.09 bits per heavy atom. The van der Waals surface area contributed by atoms with E-state index in [0.717, 1.165) is 38.1 Å². The van der Waals surface area contributed by atoms with Crippen molar-refractivity contribution in [2.24, 2.45) is 0 Å². The molecule has 1 N–H and O–H groups in total. The molecule has 0 radical (unpaired) electrons. The minimum atomic E-state index is 0. The summed E-state index contributed by atoms with van der Waals surface area (Å²) in [5.74, 6) is 0.858. The Bertz CT molecular complexity index is 512. The summed E-state index contributed by atoms with van der Waals surface area (Å²) >= 11 is 0. The number of carbonyl (C=O) groups excluding carboxylic acids is 1. The van der Waals surface area contributed by atoms with Crippen LogP contribution < -0.4 is 10.1 Å². The smallest absolute Gasteiger partial charge is 0.254 e. The Labute approximate surface area is 143 Å². The van der Waals surface area contributed by atoms with Crippen LogP contribution in [0, 0.1) is 0 Å². The molecule has 2 heterocycles. The molecule has 2 atom stereocenters. The molecule has 128 valence electrons. The molecule has 6 heteroatoms. The summed E-state index contributed by atoms with van der Waals surface area (Å²) in [6.07, 6.45) is 3.28. The number of methoxy groups -OCH3 is 1. The van der Waals surface area contributed by atoms with E-state index in [-0.39, 0.29) is 18.3 Å². The highest BCUT2D eigenvalue weighted by Crippen LogP contribution is 2.30. The van der Waals surface area contributed by atoms with Gasteiger partial charge in [0.05, 0.1) is 6.61 Å². The lowest BCUT2D eigenvalue weighted by Gasteiger charge is -2.28. The molecule has 2 aliphatic rings. The number of fused-ring (bicyclic) bond motifs is 2. The SMILES string of the molecule is COCCOc1cccc(C(=O)N2C3CCNCC2CC3)c1.Cl. The number of hydrogen-bond acceptors (Lipinski definition) is 4. The van der Waals surface area contributed by atoms with Gasteiger partial charge in [-0.2, -0.15) is 0 Å². The van der Waals surface area contributed by atoms with Gasteiger partial charge in [0.1, 0.15) is 12.4 Å². The third kappa shape index (κ3) is 4.16. The lowest BCUT2D eigenvalue weighted by molar-refractivity contribution is 0.0679. The Morgan fingerprint density at radius 1 is 1.26 bits per heavy atom. The molecule has 2 fully saturated rings. The predicted octanol–water partition coefficient (Wildman–Crippen LogP) is 2.10. The average Bonchev–Trinajstić information content (AvgIpc) is 2.80. The second-order valence-corrected chi connectivity index (χ2v) is 5.96. The first kappa shape index (κ1) is 18.0. The molecule has 2 bridgehead atoms. The Kier molecular flexibility index (Phi) is 6.69. The van der Waals surface area contributed by atoms with Crippen LogP contribution in [0.1, 0.15) is 29.6 Å². The molecule has 0 aliphatic carbocycles. The zero-order valence-electron chi connectivity index (χ0n) is 13.5. The summed E-state index contributed by atoms with van der Waals surface area (Å²) in [4.78, 5) is 15.0. The van der Waals surface area contributed by atoms with Crippen molar-refractivity contribution in [1.29, 1.82) is 0 Å². The summed E-state index contributed by atoms with van der Waals surface area (Å²) in [6, 6.07) is 8.20. The van der Waals surface area contributed by atoms with Crippen LogP contribution in [-0.4, -0.2) is 56.3 Å². The molecule has 5 nitrogen and oxygen atoms in total. The van der Waals surface area contributed by atoms with E-state index in [9.17, 15) is 4.79 Å². The number of nitrogens with one attached hydrogen (secondary N) is 1. The second kappa shape index (κ2) is 8.52. The van der Waals surface area contributed by atoms with Gasteiger partial charge < -0.3 is 19.7 Å². The summed E-state index contributed by atoms with van der Waals surface area (Å²) in [5, 5.41) is 3.43. The highest BCUT2D eigenvalue weighted by molar-refractivity contribution is 5.95. The van der Waals surface area contributed by atoms with Gasteiger partial charge in [-0.05, 0) is 44.0 Å². The minimum absolute atomic E-state index is 0. The Balaban J connectivity index is 0.00000192. The third-order valence-corrected chi connectivity index (χ3v) is 4.53. The van der Waals surface area contributed by atoms with Gasteiger partial charge in [-0.3, -0.25) is 4.79 Å². The van der Waals surface area contributed by atoms with E-state index < -0.39 is 0 Å². The predicted molar refractivity (Wildman–Crippen MR) is 91.5 cm³/mol. The van der Waals surface area contributed by atoms with Gasteiger partial charge in [0.15, 0.2) is 0 Å². The van der Waals surface area contributed by atoms with Crippen molar-refractivity contribution in [3.8, 4) is 5.75 Å². The lowest BCUT2D eigenvalue weighted by atomic mass is 10.1. The Morgan fingerprint density at radius 3 is 2.91 bits per heavy atom. The zero-order chi connectivity index (χ0) is 15.4. The number of benzene rings is 1. The maximum absolute atomic E-state index is 12.9. The molecular weight excluding hydrogens is 316 g/mol. The van der Waals surface area contributed by atoms with E-state index in [1.807, 2.05) is 24.3 Å². The summed E-state index contributed by atoms with van der Waals surface area (Å²) in [5.41, 5.74) is 0.716. The van der Waals surface area contributed by atoms with Crippen LogP contribution in [0.5, 0.6) is 5.75 Å². The van der Waals surface area contributed by atoms with E-state index in [1.54, 1.807) is 7.11 Å². The number of amides is 1. The summed E-state index contributed by atoms with van der Waals surface area (Å²) in [7, 11) is 1.65. The van der Waals surface area contributed by atoms with E-state index in [4.69, 9.17) is 9.47 Å². The van der Waals surface area contributed by atoms with Crippen molar-refractivity contribution >= 4 is 18.3 Å². The van der Waals surface area contributed by atoms with E-state index in [2.05, 4.69) is 10.2 Å². The van der Waals surface area contributed by atoms with Gasteiger partial charge in [-0.25, -0.2) is 0 Å². The van der Waals surface area contributed by atoms with Gasteiger partial charge in [-0.15, -0.1) is 12.4 Å². The fraction of sp³-hybridized carbons (Fsp3) is 0.588. The van der Waals surface area contributed by atoms with Crippen LogP contribution in [0.2, 0.25) is 0 Å². The second-order valence-electron chi connectivity index (χ2n) is 5.96. The van der Waals surface area contributed by atoms with Crippen molar-refractivity contribution < 1.29 is 14.3 Å². The first-order chi connectivity index (χ1) is 10.8. The van der Waals surface area contributed by atoms with Gasteiger partial charge in [0, 0.05) is 31.3 Å².